The van der Waals surface area contributed by atoms with Crippen molar-refractivity contribution in [2.45, 2.75) is 6.29 Å². The van der Waals surface area contributed by atoms with Gasteiger partial charge in [-0.15, -0.1) is 0 Å². The van der Waals surface area contributed by atoms with Crippen LogP contribution in [0, 0.1) is 0 Å². The van der Waals surface area contributed by atoms with Crippen LogP contribution >= 0.6 is 0 Å². The molecule has 0 saturated carbocycles. The van der Waals surface area contributed by atoms with Gasteiger partial charge in [-0.2, -0.15) is 8.42 Å². The first-order valence-corrected chi connectivity index (χ1v) is 5.51. The molecule has 0 spiro atoms. The summed E-state index contributed by atoms with van der Waals surface area (Å²) in [6, 6.07) is 0. The number of rotatable bonds is 1. The third-order valence-electron chi connectivity index (χ3n) is 1.73. The Bertz CT molecular complexity index is 294. The Morgan fingerprint density at radius 2 is 1.40 bits per heavy atom. The summed E-state index contributed by atoms with van der Waals surface area (Å²) in [5.74, 6) is 0. The third kappa shape index (κ3) is 6.28. The predicted molar refractivity (Wildman–Crippen MR) is 56.3 cm³/mol. The second-order valence-corrected chi connectivity index (χ2v) is 4.28. The maximum absolute atomic E-state index is 8.74. The van der Waals surface area contributed by atoms with Crippen LogP contribution in [0.3, 0.4) is 0 Å². The molecule has 0 unspecified atom stereocenters. The van der Waals surface area contributed by atoms with Gasteiger partial charge in [-0.3, -0.25) is 14.0 Å². The van der Waals surface area contributed by atoms with Crippen molar-refractivity contribution in [3.8, 4) is 0 Å². The Kier molecular flexibility index (Phi) is 5.01. The molecule has 0 aromatic heterocycles. The van der Waals surface area contributed by atoms with E-state index in [0.717, 1.165) is 0 Å². The first kappa shape index (κ1) is 14.2. The molecule has 0 fully saturated rings. The fourth-order valence-electron chi connectivity index (χ4n) is 1.38. The van der Waals surface area contributed by atoms with Crippen LogP contribution in [0.15, 0.2) is 12.4 Å². The quantitative estimate of drug-likeness (QED) is 0.598. The molecule has 7 nitrogen and oxygen atoms in total. The van der Waals surface area contributed by atoms with E-state index in [-0.39, 0.29) is 0 Å². The maximum Gasteiger partial charge on any atom is 0.394 e. The highest BCUT2D eigenvalue weighted by Gasteiger charge is 2.21. The molecule has 0 aromatic rings. The summed E-state index contributed by atoms with van der Waals surface area (Å²) in [6.07, 6.45) is 4.54. The lowest BCUT2D eigenvalue weighted by molar-refractivity contribution is 0.0593. The van der Waals surface area contributed by atoms with Crippen LogP contribution in [0.2, 0.25) is 0 Å². The van der Waals surface area contributed by atoms with Gasteiger partial charge in [0.05, 0.1) is 0 Å². The summed E-state index contributed by atoms with van der Waals surface area (Å²) in [7, 11) is 3.63. The number of hydrogen-bond donors (Lipinski definition) is 2. The average Bonchev–Trinajstić information content (AvgIpc) is 2.26. The lowest BCUT2D eigenvalue weighted by atomic mass is 10.6. The molecule has 8 heteroatoms. The minimum Gasteiger partial charge on any atom is -0.347 e. The Hall–Kier alpha value is -0.830. The van der Waals surface area contributed by atoms with Crippen molar-refractivity contribution >= 4 is 10.4 Å². The minimum absolute atomic E-state index is 0.389. The van der Waals surface area contributed by atoms with E-state index in [1.165, 1.54) is 0 Å². The van der Waals surface area contributed by atoms with Crippen molar-refractivity contribution in [3.05, 3.63) is 12.4 Å². The average molecular weight is 239 g/mol. The molecule has 0 radical (unpaired) electrons. The topological polar surface area (TPSA) is 84.3 Å². The summed E-state index contributed by atoms with van der Waals surface area (Å²) >= 11 is 0. The molecule has 0 saturated heterocycles. The van der Waals surface area contributed by atoms with Gasteiger partial charge in [-0.05, 0) is 14.1 Å². The molecule has 1 aliphatic rings. The summed E-state index contributed by atoms with van der Waals surface area (Å²) < 4.78 is 31.6. The Morgan fingerprint density at radius 1 is 1.13 bits per heavy atom. The van der Waals surface area contributed by atoms with Crippen molar-refractivity contribution in [2.75, 3.05) is 28.2 Å². The highest BCUT2D eigenvalue weighted by Crippen LogP contribution is 2.11. The molecule has 2 N–H and O–H groups in total. The lowest BCUT2D eigenvalue weighted by Gasteiger charge is -2.32. The molecule has 1 aliphatic heterocycles. The highest BCUT2D eigenvalue weighted by atomic mass is 32.3. The van der Waals surface area contributed by atoms with Crippen LogP contribution in [0.4, 0.5) is 0 Å². The molecular formula is C7H17N3O4S. The normalized spacial score (nSPS) is 17.0. The van der Waals surface area contributed by atoms with Gasteiger partial charge in [0, 0.05) is 26.5 Å². The summed E-state index contributed by atoms with van der Waals surface area (Å²) in [5.41, 5.74) is 0. The molecule has 0 atom stereocenters. The van der Waals surface area contributed by atoms with Crippen molar-refractivity contribution in [1.82, 2.24) is 14.7 Å². The summed E-state index contributed by atoms with van der Waals surface area (Å²) in [6.45, 7) is 0. The monoisotopic (exact) mass is 239 g/mol. The van der Waals surface area contributed by atoms with Crippen molar-refractivity contribution < 1.29 is 17.5 Å². The largest absolute Gasteiger partial charge is 0.394 e. The molecule has 0 aliphatic carbocycles. The van der Waals surface area contributed by atoms with Gasteiger partial charge in [0.15, 0.2) is 6.29 Å². The lowest BCUT2D eigenvalue weighted by Crippen LogP contribution is -2.45. The standard InChI is InChI=1S/C7H15N3.H2O4S/c1-8(2)7-9(3)5-6-10(7)4;1-5(2,3)4/h5-7H,1-4H3;(H2,1,2,3,4). The van der Waals surface area contributed by atoms with E-state index in [9.17, 15) is 0 Å². The Morgan fingerprint density at radius 3 is 1.53 bits per heavy atom. The molecule has 1 heterocycles. The second kappa shape index (κ2) is 5.31. The van der Waals surface area contributed by atoms with E-state index in [1.54, 1.807) is 0 Å². The van der Waals surface area contributed by atoms with E-state index < -0.39 is 10.4 Å². The van der Waals surface area contributed by atoms with Gasteiger partial charge in [-0.25, -0.2) is 0 Å². The van der Waals surface area contributed by atoms with Gasteiger partial charge in [0.2, 0.25) is 0 Å². The van der Waals surface area contributed by atoms with E-state index >= 15 is 0 Å². The van der Waals surface area contributed by atoms with E-state index in [0.29, 0.717) is 6.29 Å². The zero-order valence-electron chi connectivity index (χ0n) is 9.19. The van der Waals surface area contributed by atoms with E-state index in [4.69, 9.17) is 17.5 Å². The van der Waals surface area contributed by atoms with Gasteiger partial charge >= 0.3 is 10.4 Å². The molecule has 0 aromatic carbocycles. The first-order valence-electron chi connectivity index (χ1n) is 4.11. The summed E-state index contributed by atoms with van der Waals surface area (Å²) in [5, 5.41) is 0. The van der Waals surface area contributed by atoms with Crippen LogP contribution in [0.25, 0.3) is 0 Å². The van der Waals surface area contributed by atoms with Gasteiger partial charge < -0.3 is 9.80 Å². The predicted octanol–water partition coefficient (Wildman–Crippen LogP) is -0.473. The molecule has 1 rings (SSSR count). The minimum atomic E-state index is -4.67. The summed E-state index contributed by atoms with van der Waals surface area (Å²) in [4.78, 5) is 6.50. The zero-order chi connectivity index (χ0) is 12.2. The fraction of sp³-hybridized carbons (Fsp3) is 0.714. The first-order chi connectivity index (χ1) is 6.63. The number of nitrogens with zero attached hydrogens (tertiary/aromatic N) is 3. The fourth-order valence-corrected chi connectivity index (χ4v) is 1.38. The van der Waals surface area contributed by atoms with E-state index in [2.05, 4.69) is 55.3 Å². The smallest absolute Gasteiger partial charge is 0.347 e. The zero-order valence-corrected chi connectivity index (χ0v) is 10.0. The van der Waals surface area contributed by atoms with Crippen LogP contribution in [0.5, 0.6) is 0 Å². The van der Waals surface area contributed by atoms with E-state index in [1.807, 2.05) is 0 Å². The second-order valence-electron chi connectivity index (χ2n) is 3.39. The molecular weight excluding hydrogens is 222 g/mol. The SMILES string of the molecule is CN(C)C1N(C)C=CN1C.O=S(=O)(O)O. The van der Waals surface area contributed by atoms with Crippen molar-refractivity contribution in [1.29, 1.82) is 0 Å². The molecule has 0 amide bonds. The Balaban J connectivity index is 0.000000336. The van der Waals surface area contributed by atoms with Gasteiger partial charge in [0.1, 0.15) is 0 Å². The third-order valence-corrected chi connectivity index (χ3v) is 1.73. The maximum atomic E-state index is 8.74. The molecule has 0 bridgehead atoms. The van der Waals surface area contributed by atoms with Gasteiger partial charge in [0.25, 0.3) is 0 Å². The van der Waals surface area contributed by atoms with Gasteiger partial charge in [-0.1, -0.05) is 0 Å². The van der Waals surface area contributed by atoms with Crippen molar-refractivity contribution in [3.63, 3.8) is 0 Å². The highest BCUT2D eigenvalue weighted by molar-refractivity contribution is 7.79. The van der Waals surface area contributed by atoms with Crippen molar-refractivity contribution in [2.24, 2.45) is 0 Å². The van der Waals surface area contributed by atoms with Crippen LogP contribution < -0.4 is 0 Å². The molecule has 90 valence electrons. The van der Waals surface area contributed by atoms with Crippen LogP contribution in [-0.4, -0.2) is 66.7 Å². The number of hydrogen-bond acceptors (Lipinski definition) is 5. The van der Waals surface area contributed by atoms with Crippen LogP contribution in [-0.2, 0) is 10.4 Å². The van der Waals surface area contributed by atoms with Crippen LogP contribution in [0.1, 0.15) is 0 Å². The Labute approximate surface area is 90.2 Å². The molecule has 15 heavy (non-hydrogen) atoms.